The molecular weight excluding hydrogens is 358 g/mol. The van der Waals surface area contributed by atoms with Crippen molar-refractivity contribution in [1.82, 2.24) is 19.6 Å². The minimum Gasteiger partial charge on any atom is -0.461 e. The van der Waals surface area contributed by atoms with E-state index in [0.717, 1.165) is 12.0 Å². The normalized spacial score (nSPS) is 10.9. The molecule has 4 aromatic rings. The number of aryl methyl sites for hydroxylation is 1. The zero-order valence-electron chi connectivity index (χ0n) is 15.5. The van der Waals surface area contributed by atoms with Crippen molar-refractivity contribution >= 4 is 17.6 Å². The van der Waals surface area contributed by atoms with Crippen molar-refractivity contribution in [2.45, 2.75) is 20.0 Å². The number of furan rings is 1. The molecule has 0 aliphatic heterocycles. The van der Waals surface area contributed by atoms with Gasteiger partial charge >= 0.3 is 5.97 Å². The van der Waals surface area contributed by atoms with Crippen molar-refractivity contribution in [3.05, 3.63) is 65.5 Å². The van der Waals surface area contributed by atoms with Crippen LogP contribution in [0.4, 0.5) is 5.95 Å². The predicted molar refractivity (Wildman–Crippen MR) is 103 cm³/mol. The van der Waals surface area contributed by atoms with Gasteiger partial charge in [-0.15, -0.1) is 5.10 Å². The Labute approximate surface area is 161 Å². The Balaban J connectivity index is 1.62. The Bertz CT molecular complexity index is 1100. The molecule has 0 aliphatic carbocycles. The molecule has 28 heavy (non-hydrogen) atoms. The van der Waals surface area contributed by atoms with Gasteiger partial charge in [0, 0.05) is 13.2 Å². The van der Waals surface area contributed by atoms with Crippen LogP contribution in [0.2, 0.25) is 0 Å². The lowest BCUT2D eigenvalue weighted by atomic mass is 10.1. The Morgan fingerprint density at radius 3 is 2.68 bits per heavy atom. The van der Waals surface area contributed by atoms with E-state index in [0.29, 0.717) is 23.2 Å². The number of carbonyl (C=O) groups is 1. The minimum absolute atomic E-state index is 0.169. The summed E-state index contributed by atoms with van der Waals surface area (Å²) in [4.78, 5) is 21.3. The maximum absolute atomic E-state index is 12.7. The van der Waals surface area contributed by atoms with Crippen LogP contribution in [0.3, 0.4) is 0 Å². The van der Waals surface area contributed by atoms with Crippen LogP contribution in [0.25, 0.3) is 17.2 Å². The maximum Gasteiger partial charge on any atom is 0.343 e. The smallest absolute Gasteiger partial charge is 0.343 e. The molecule has 0 amide bonds. The number of fused-ring (bicyclic) bond motifs is 1. The molecule has 142 valence electrons. The average Bonchev–Trinajstić information content (AvgIpc) is 3.41. The fraction of sp³-hybridized carbons (Fsp3) is 0.200. The summed E-state index contributed by atoms with van der Waals surface area (Å²) >= 11 is 0. The number of esters is 1. The van der Waals surface area contributed by atoms with E-state index >= 15 is 0 Å². The fourth-order valence-electron chi connectivity index (χ4n) is 2.79. The summed E-state index contributed by atoms with van der Waals surface area (Å²) in [5, 5.41) is 7.32. The third kappa shape index (κ3) is 3.32. The minimum atomic E-state index is -0.516. The number of hydrogen-bond acceptors (Lipinski definition) is 7. The van der Waals surface area contributed by atoms with E-state index in [4.69, 9.17) is 9.15 Å². The van der Waals surface area contributed by atoms with E-state index in [1.165, 1.54) is 22.5 Å². The Morgan fingerprint density at radius 2 is 2.00 bits per heavy atom. The van der Waals surface area contributed by atoms with Crippen molar-refractivity contribution in [1.29, 1.82) is 0 Å². The molecule has 0 radical (unpaired) electrons. The van der Waals surface area contributed by atoms with Gasteiger partial charge in [-0.1, -0.05) is 31.2 Å². The van der Waals surface area contributed by atoms with Crippen LogP contribution in [-0.4, -0.2) is 32.6 Å². The summed E-state index contributed by atoms with van der Waals surface area (Å²) in [5.74, 6) is 0.796. The van der Waals surface area contributed by atoms with Crippen molar-refractivity contribution in [2.24, 2.45) is 0 Å². The molecule has 0 fully saturated rings. The first-order valence-electron chi connectivity index (χ1n) is 8.92. The van der Waals surface area contributed by atoms with Gasteiger partial charge in [0.05, 0.1) is 6.26 Å². The number of aromatic nitrogens is 4. The third-order valence-electron chi connectivity index (χ3n) is 4.35. The molecule has 0 saturated carbocycles. The largest absolute Gasteiger partial charge is 0.461 e. The molecule has 0 bridgehead atoms. The second-order valence-electron chi connectivity index (χ2n) is 6.14. The van der Waals surface area contributed by atoms with Gasteiger partial charge in [0.2, 0.25) is 11.8 Å². The van der Waals surface area contributed by atoms with Crippen LogP contribution < -0.4 is 5.32 Å². The van der Waals surface area contributed by atoms with Crippen LogP contribution >= 0.6 is 0 Å². The molecule has 4 rings (SSSR count). The van der Waals surface area contributed by atoms with Crippen LogP contribution in [0.1, 0.15) is 28.4 Å². The number of rotatable bonds is 6. The molecule has 1 N–H and O–H groups in total. The van der Waals surface area contributed by atoms with Gasteiger partial charge < -0.3 is 14.5 Å². The van der Waals surface area contributed by atoms with Crippen LogP contribution in [0.15, 0.2) is 53.3 Å². The van der Waals surface area contributed by atoms with E-state index in [2.05, 4.69) is 27.3 Å². The van der Waals surface area contributed by atoms with E-state index in [1.54, 1.807) is 19.2 Å². The summed E-state index contributed by atoms with van der Waals surface area (Å²) in [6.45, 7) is 2.26. The third-order valence-corrected chi connectivity index (χ3v) is 4.35. The lowest BCUT2D eigenvalue weighted by Gasteiger charge is -2.07. The number of ether oxygens (including phenoxy) is 1. The average molecular weight is 377 g/mol. The molecule has 0 unspecified atom stereocenters. The Morgan fingerprint density at radius 1 is 1.21 bits per heavy atom. The SMILES string of the molecule is CCc1ccc(COC(=O)c2cnc(NC)n3nc(-c4ccco4)nc23)cc1. The van der Waals surface area contributed by atoms with Crippen LogP contribution in [-0.2, 0) is 17.8 Å². The maximum atomic E-state index is 12.7. The fourth-order valence-corrected chi connectivity index (χ4v) is 2.79. The van der Waals surface area contributed by atoms with Gasteiger partial charge in [0.1, 0.15) is 12.2 Å². The Kier molecular flexibility index (Phi) is 4.76. The number of nitrogens with one attached hydrogen (secondary N) is 1. The second-order valence-corrected chi connectivity index (χ2v) is 6.14. The number of carbonyl (C=O) groups excluding carboxylic acids is 1. The molecule has 8 heteroatoms. The van der Waals surface area contributed by atoms with Gasteiger partial charge in [-0.3, -0.25) is 0 Å². The van der Waals surface area contributed by atoms with Gasteiger partial charge in [-0.25, -0.2) is 14.8 Å². The molecule has 3 heterocycles. The van der Waals surface area contributed by atoms with Gasteiger partial charge in [0.25, 0.3) is 0 Å². The summed E-state index contributed by atoms with van der Waals surface area (Å²) in [6, 6.07) is 11.5. The van der Waals surface area contributed by atoms with Gasteiger partial charge in [-0.2, -0.15) is 4.52 Å². The predicted octanol–water partition coefficient (Wildman–Crippen LogP) is 3.35. The first kappa shape index (κ1) is 17.7. The number of benzene rings is 1. The molecule has 0 aliphatic rings. The van der Waals surface area contributed by atoms with E-state index in [1.807, 2.05) is 24.3 Å². The first-order chi connectivity index (χ1) is 13.7. The monoisotopic (exact) mass is 377 g/mol. The van der Waals surface area contributed by atoms with Crippen molar-refractivity contribution in [3.8, 4) is 11.6 Å². The van der Waals surface area contributed by atoms with Crippen molar-refractivity contribution in [3.63, 3.8) is 0 Å². The highest BCUT2D eigenvalue weighted by atomic mass is 16.5. The van der Waals surface area contributed by atoms with Gasteiger partial charge in [-0.05, 0) is 29.7 Å². The summed E-state index contributed by atoms with van der Waals surface area (Å²) in [6.07, 6.45) is 3.94. The van der Waals surface area contributed by atoms with Crippen molar-refractivity contribution < 1.29 is 13.9 Å². The van der Waals surface area contributed by atoms with E-state index < -0.39 is 5.97 Å². The molecule has 0 saturated heterocycles. The lowest BCUT2D eigenvalue weighted by molar-refractivity contribution is 0.0474. The summed E-state index contributed by atoms with van der Waals surface area (Å²) in [7, 11) is 1.72. The standard InChI is InChI=1S/C20H19N5O3/c1-3-13-6-8-14(9-7-13)12-28-19(26)15-11-22-20(21-2)25-18(15)23-17(24-25)16-5-4-10-27-16/h4-11H,3,12H2,1-2H3,(H,21,22). The first-order valence-corrected chi connectivity index (χ1v) is 8.92. The van der Waals surface area contributed by atoms with E-state index in [9.17, 15) is 4.79 Å². The number of anilines is 1. The van der Waals surface area contributed by atoms with Crippen molar-refractivity contribution in [2.75, 3.05) is 12.4 Å². The summed E-state index contributed by atoms with van der Waals surface area (Å²) < 4.78 is 12.3. The topological polar surface area (TPSA) is 94.5 Å². The zero-order chi connectivity index (χ0) is 19.5. The van der Waals surface area contributed by atoms with Crippen LogP contribution in [0, 0.1) is 0 Å². The molecule has 0 spiro atoms. The zero-order valence-corrected chi connectivity index (χ0v) is 15.5. The highest BCUT2D eigenvalue weighted by molar-refractivity contribution is 5.96. The molecule has 1 aromatic carbocycles. The van der Waals surface area contributed by atoms with Crippen LogP contribution in [0.5, 0.6) is 0 Å². The summed E-state index contributed by atoms with van der Waals surface area (Å²) in [5.41, 5.74) is 2.73. The number of nitrogens with zero attached hydrogens (tertiary/aromatic N) is 4. The molecular formula is C20H19N5O3. The second kappa shape index (κ2) is 7.51. The lowest BCUT2D eigenvalue weighted by Crippen LogP contribution is -2.11. The van der Waals surface area contributed by atoms with Gasteiger partial charge in [0.15, 0.2) is 11.4 Å². The molecule has 8 nitrogen and oxygen atoms in total. The molecule has 3 aromatic heterocycles. The molecule has 0 atom stereocenters. The quantitative estimate of drug-likeness (QED) is 0.515. The number of hydrogen-bond donors (Lipinski definition) is 1. The Hall–Kier alpha value is -3.68. The highest BCUT2D eigenvalue weighted by Crippen LogP contribution is 2.21. The van der Waals surface area contributed by atoms with E-state index in [-0.39, 0.29) is 12.2 Å². The highest BCUT2D eigenvalue weighted by Gasteiger charge is 2.20.